The summed E-state index contributed by atoms with van der Waals surface area (Å²) in [5.41, 5.74) is 2.41. The molecule has 1 aliphatic rings. The molecular formula is C17H22BrCl2N3O. The van der Waals surface area contributed by atoms with Gasteiger partial charge in [-0.05, 0) is 50.6 Å². The summed E-state index contributed by atoms with van der Waals surface area (Å²) in [6.45, 7) is 6.00. The van der Waals surface area contributed by atoms with E-state index in [9.17, 15) is 4.79 Å². The Bertz CT molecular complexity index is 721. The summed E-state index contributed by atoms with van der Waals surface area (Å²) in [7, 11) is 0. The summed E-state index contributed by atoms with van der Waals surface area (Å²) in [5.74, 6) is 0.442. The highest BCUT2D eigenvalue weighted by molar-refractivity contribution is 9.10. The fourth-order valence-corrected chi connectivity index (χ4v) is 3.35. The topological polar surface area (TPSA) is 54.0 Å². The van der Waals surface area contributed by atoms with Gasteiger partial charge in [-0.15, -0.1) is 24.8 Å². The normalized spacial score (nSPS) is 20.0. The minimum atomic E-state index is -0.00317. The molecule has 1 aliphatic heterocycles. The number of amides is 1. The van der Waals surface area contributed by atoms with Crippen molar-refractivity contribution in [1.29, 1.82) is 0 Å². The van der Waals surface area contributed by atoms with E-state index >= 15 is 0 Å². The number of hydrogen-bond acceptors (Lipinski definition) is 3. The summed E-state index contributed by atoms with van der Waals surface area (Å²) in [5, 5.41) is 7.45. The molecule has 1 aromatic carbocycles. The molecule has 1 aromatic heterocycles. The molecule has 0 aliphatic carbocycles. The van der Waals surface area contributed by atoms with Crippen LogP contribution in [0.2, 0.25) is 0 Å². The Kier molecular flexibility index (Phi) is 7.93. The van der Waals surface area contributed by atoms with Crippen molar-refractivity contribution in [1.82, 2.24) is 15.6 Å². The van der Waals surface area contributed by atoms with Crippen molar-refractivity contribution in [2.45, 2.75) is 26.3 Å². The second-order valence-corrected chi connectivity index (χ2v) is 6.94. The molecule has 24 heavy (non-hydrogen) atoms. The predicted molar refractivity (Wildman–Crippen MR) is 107 cm³/mol. The number of nitrogens with zero attached hydrogens (tertiary/aromatic N) is 1. The van der Waals surface area contributed by atoms with Crippen LogP contribution in [-0.2, 0) is 0 Å². The lowest BCUT2D eigenvalue weighted by molar-refractivity contribution is 0.0915. The lowest BCUT2D eigenvalue weighted by atomic mass is 9.94. The van der Waals surface area contributed by atoms with Crippen LogP contribution < -0.4 is 10.6 Å². The van der Waals surface area contributed by atoms with Crippen molar-refractivity contribution in [3.05, 3.63) is 40.0 Å². The van der Waals surface area contributed by atoms with Crippen LogP contribution in [0.15, 0.2) is 28.7 Å². The number of fused-ring (bicyclic) bond motifs is 1. The zero-order valence-corrected chi connectivity index (χ0v) is 16.9. The SMILES string of the molecule is Cc1cc(C(=O)NC2CCNCC2C)c2ccc(Br)cc2n1.Cl.Cl. The van der Waals surface area contributed by atoms with Gasteiger partial charge in [0.2, 0.25) is 0 Å². The number of benzene rings is 1. The Morgan fingerprint density at radius 3 is 2.79 bits per heavy atom. The molecule has 2 atom stereocenters. The van der Waals surface area contributed by atoms with Crippen LogP contribution in [0.1, 0.15) is 29.4 Å². The van der Waals surface area contributed by atoms with Gasteiger partial charge in [-0.2, -0.15) is 0 Å². The van der Waals surface area contributed by atoms with E-state index < -0.39 is 0 Å². The Morgan fingerprint density at radius 2 is 2.08 bits per heavy atom. The fraction of sp³-hybridized carbons (Fsp3) is 0.412. The first-order valence-corrected chi connectivity index (χ1v) is 8.42. The van der Waals surface area contributed by atoms with Crippen molar-refractivity contribution >= 4 is 57.6 Å². The molecule has 1 amide bonds. The monoisotopic (exact) mass is 433 g/mol. The van der Waals surface area contributed by atoms with Crippen molar-refractivity contribution in [3.63, 3.8) is 0 Å². The van der Waals surface area contributed by atoms with Crippen LogP contribution in [0.4, 0.5) is 0 Å². The molecule has 0 radical (unpaired) electrons. The number of piperidine rings is 1. The van der Waals surface area contributed by atoms with Gasteiger partial charge in [0.15, 0.2) is 0 Å². The number of nitrogens with one attached hydrogen (secondary N) is 2. The molecule has 0 bridgehead atoms. The average molecular weight is 435 g/mol. The van der Waals surface area contributed by atoms with Crippen molar-refractivity contribution in [2.75, 3.05) is 13.1 Å². The van der Waals surface area contributed by atoms with Gasteiger partial charge < -0.3 is 10.6 Å². The van der Waals surface area contributed by atoms with E-state index in [1.165, 1.54) is 0 Å². The second-order valence-electron chi connectivity index (χ2n) is 6.02. The number of rotatable bonds is 2. The highest BCUT2D eigenvalue weighted by atomic mass is 79.9. The van der Waals surface area contributed by atoms with E-state index in [0.29, 0.717) is 11.5 Å². The zero-order valence-electron chi connectivity index (χ0n) is 13.6. The van der Waals surface area contributed by atoms with Crippen LogP contribution >= 0.6 is 40.7 Å². The van der Waals surface area contributed by atoms with Crippen LogP contribution in [0, 0.1) is 12.8 Å². The van der Waals surface area contributed by atoms with E-state index in [1.54, 1.807) is 0 Å². The Hall–Kier alpha value is -0.880. The lowest BCUT2D eigenvalue weighted by Crippen LogP contribution is -2.48. The Labute approximate surface area is 163 Å². The van der Waals surface area contributed by atoms with Gasteiger partial charge in [-0.3, -0.25) is 9.78 Å². The first kappa shape index (κ1) is 21.2. The Morgan fingerprint density at radius 1 is 1.33 bits per heavy atom. The first-order valence-electron chi connectivity index (χ1n) is 7.63. The molecular weight excluding hydrogens is 413 g/mol. The summed E-state index contributed by atoms with van der Waals surface area (Å²) in [4.78, 5) is 17.3. The number of carbonyl (C=O) groups excluding carboxylic acids is 1. The fourth-order valence-electron chi connectivity index (χ4n) is 3.00. The van der Waals surface area contributed by atoms with Crippen LogP contribution in [-0.4, -0.2) is 30.0 Å². The third-order valence-corrected chi connectivity index (χ3v) is 4.74. The third kappa shape index (κ3) is 4.60. The largest absolute Gasteiger partial charge is 0.349 e. The van der Waals surface area contributed by atoms with Gasteiger partial charge >= 0.3 is 0 Å². The molecule has 0 saturated carbocycles. The highest BCUT2D eigenvalue weighted by Gasteiger charge is 2.24. The number of aromatic nitrogens is 1. The molecule has 4 nitrogen and oxygen atoms in total. The molecule has 132 valence electrons. The molecule has 2 heterocycles. The maximum Gasteiger partial charge on any atom is 0.252 e. The van der Waals surface area contributed by atoms with E-state index in [0.717, 1.165) is 40.6 Å². The number of pyridine rings is 1. The van der Waals surface area contributed by atoms with Gasteiger partial charge in [0.25, 0.3) is 5.91 Å². The van der Waals surface area contributed by atoms with E-state index in [1.807, 2.05) is 31.2 Å². The molecule has 3 rings (SSSR count). The standard InChI is InChI=1S/C17H20BrN3O.2ClH/c1-10-9-19-6-5-15(10)21-17(22)14-7-11(2)20-16-8-12(18)3-4-13(14)16;;/h3-4,7-8,10,15,19H,5-6,9H2,1-2H3,(H,21,22);2*1H. The molecule has 0 spiro atoms. The zero-order chi connectivity index (χ0) is 15.7. The molecule has 7 heteroatoms. The van der Waals surface area contributed by atoms with Gasteiger partial charge in [0, 0.05) is 21.6 Å². The summed E-state index contributed by atoms with van der Waals surface area (Å²) in [6, 6.07) is 7.95. The lowest BCUT2D eigenvalue weighted by Gasteiger charge is -2.30. The highest BCUT2D eigenvalue weighted by Crippen LogP contribution is 2.23. The molecule has 2 unspecified atom stereocenters. The van der Waals surface area contributed by atoms with Gasteiger partial charge in [0.1, 0.15) is 0 Å². The summed E-state index contributed by atoms with van der Waals surface area (Å²) < 4.78 is 0.969. The summed E-state index contributed by atoms with van der Waals surface area (Å²) in [6.07, 6.45) is 0.973. The smallest absolute Gasteiger partial charge is 0.252 e. The number of carbonyl (C=O) groups is 1. The van der Waals surface area contributed by atoms with Crippen LogP contribution in [0.5, 0.6) is 0 Å². The third-order valence-electron chi connectivity index (χ3n) is 4.25. The second kappa shape index (κ2) is 8.99. The van der Waals surface area contributed by atoms with E-state index in [2.05, 4.69) is 38.5 Å². The minimum Gasteiger partial charge on any atom is -0.349 e. The molecule has 1 saturated heterocycles. The summed E-state index contributed by atoms with van der Waals surface area (Å²) >= 11 is 3.46. The van der Waals surface area contributed by atoms with Gasteiger partial charge in [-0.1, -0.05) is 28.9 Å². The molecule has 1 fully saturated rings. The molecule has 2 aromatic rings. The van der Waals surface area contributed by atoms with Crippen LogP contribution in [0.25, 0.3) is 10.9 Å². The minimum absolute atomic E-state index is 0. The number of halogens is 3. The maximum atomic E-state index is 12.7. The van der Waals surface area contributed by atoms with Crippen LogP contribution in [0.3, 0.4) is 0 Å². The maximum absolute atomic E-state index is 12.7. The van der Waals surface area contributed by atoms with Crippen molar-refractivity contribution in [3.8, 4) is 0 Å². The van der Waals surface area contributed by atoms with Gasteiger partial charge in [0.05, 0.1) is 11.1 Å². The van der Waals surface area contributed by atoms with Gasteiger partial charge in [-0.25, -0.2) is 0 Å². The average Bonchev–Trinajstić information content (AvgIpc) is 2.48. The quantitative estimate of drug-likeness (QED) is 0.753. The predicted octanol–water partition coefficient (Wildman–Crippen LogP) is 3.88. The number of hydrogen-bond donors (Lipinski definition) is 2. The van der Waals surface area contributed by atoms with Crippen molar-refractivity contribution in [2.24, 2.45) is 5.92 Å². The van der Waals surface area contributed by atoms with E-state index in [4.69, 9.17) is 0 Å². The van der Waals surface area contributed by atoms with E-state index in [-0.39, 0.29) is 36.8 Å². The van der Waals surface area contributed by atoms with Crippen molar-refractivity contribution < 1.29 is 4.79 Å². The molecule has 2 N–H and O–H groups in total. The first-order chi connectivity index (χ1) is 10.5. The number of aryl methyl sites for hydroxylation is 1. The Balaban J connectivity index is 0.00000144.